The molecule has 0 aliphatic heterocycles. The number of rotatable bonds is 20. The van der Waals surface area contributed by atoms with Crippen molar-refractivity contribution in [3.8, 4) is 18.2 Å². The van der Waals surface area contributed by atoms with Crippen molar-refractivity contribution in [3.63, 3.8) is 0 Å². The zero-order valence-electron chi connectivity index (χ0n) is 18.8. The van der Waals surface area contributed by atoms with E-state index in [2.05, 4.69) is 19.1 Å². The lowest BCUT2D eigenvalue weighted by molar-refractivity contribution is 0.380. The monoisotopic (exact) mass is 436 g/mol. The minimum Gasteiger partial charge on any atom is -0.211 e. The maximum atomic E-state index is 13.1. The molecule has 0 fully saturated rings. The van der Waals surface area contributed by atoms with Crippen molar-refractivity contribution in [2.45, 2.75) is 115 Å². The summed E-state index contributed by atoms with van der Waals surface area (Å²) in [4.78, 5) is 0. The third-order valence-electron chi connectivity index (χ3n) is 5.33. The van der Waals surface area contributed by atoms with Gasteiger partial charge in [0.05, 0.1) is 18.2 Å². The van der Waals surface area contributed by atoms with Crippen molar-refractivity contribution < 1.29 is 8.42 Å². The molecule has 30 heavy (non-hydrogen) atoms. The number of nitrogens with zero attached hydrogens (tertiary/aromatic N) is 4. The SMILES string of the molecule is CCCCCCCC(C#N)S(=O)(=O)N(CCCCCCC#N)CCCCCCC#N. The van der Waals surface area contributed by atoms with E-state index in [1.54, 1.807) is 0 Å². The average molecular weight is 437 g/mol. The van der Waals surface area contributed by atoms with Gasteiger partial charge in [-0.1, -0.05) is 64.7 Å². The van der Waals surface area contributed by atoms with Crippen LogP contribution in [0.25, 0.3) is 0 Å². The molecule has 0 aromatic rings. The molecule has 1 atom stereocenters. The van der Waals surface area contributed by atoms with Gasteiger partial charge in [0.2, 0.25) is 10.0 Å². The molecule has 0 saturated heterocycles. The molecule has 0 aliphatic carbocycles. The molecule has 0 N–H and O–H groups in total. The molecular formula is C23H40N4O2S. The molecule has 6 nitrogen and oxygen atoms in total. The molecule has 0 spiro atoms. The molecule has 0 amide bonds. The Labute approximate surface area is 184 Å². The van der Waals surface area contributed by atoms with Crippen LogP contribution in [0.2, 0.25) is 0 Å². The summed E-state index contributed by atoms with van der Waals surface area (Å²) >= 11 is 0. The summed E-state index contributed by atoms with van der Waals surface area (Å²) in [6, 6.07) is 6.31. The van der Waals surface area contributed by atoms with E-state index >= 15 is 0 Å². The third-order valence-corrected chi connectivity index (χ3v) is 7.47. The minimum absolute atomic E-state index is 0.406. The molecule has 0 bridgehead atoms. The number of sulfonamides is 1. The van der Waals surface area contributed by atoms with Crippen LogP contribution in [0.4, 0.5) is 0 Å². The molecule has 0 aromatic carbocycles. The predicted octanol–water partition coefficient (Wildman–Crippen LogP) is 5.82. The van der Waals surface area contributed by atoms with Gasteiger partial charge in [-0.05, 0) is 32.1 Å². The van der Waals surface area contributed by atoms with E-state index in [4.69, 9.17) is 10.5 Å². The topological polar surface area (TPSA) is 109 Å². The summed E-state index contributed by atoms with van der Waals surface area (Å²) in [7, 11) is -3.63. The van der Waals surface area contributed by atoms with Crippen molar-refractivity contribution in [2.75, 3.05) is 13.1 Å². The van der Waals surface area contributed by atoms with Crippen LogP contribution in [-0.4, -0.2) is 31.1 Å². The van der Waals surface area contributed by atoms with Gasteiger partial charge < -0.3 is 0 Å². The predicted molar refractivity (Wildman–Crippen MR) is 121 cm³/mol. The zero-order chi connectivity index (χ0) is 22.5. The summed E-state index contributed by atoms with van der Waals surface area (Å²) in [5.41, 5.74) is 0. The molecule has 0 rings (SSSR count). The van der Waals surface area contributed by atoms with E-state index in [0.717, 1.165) is 83.5 Å². The van der Waals surface area contributed by atoms with E-state index in [9.17, 15) is 13.7 Å². The smallest absolute Gasteiger partial charge is 0.211 e. The summed E-state index contributed by atoms with van der Waals surface area (Å²) in [5.74, 6) is 0. The molecule has 0 aliphatic rings. The van der Waals surface area contributed by atoms with Crippen LogP contribution in [0.5, 0.6) is 0 Å². The van der Waals surface area contributed by atoms with Crippen molar-refractivity contribution >= 4 is 10.0 Å². The normalized spacial score (nSPS) is 12.2. The molecule has 7 heteroatoms. The number of hydrogen-bond acceptors (Lipinski definition) is 5. The van der Waals surface area contributed by atoms with Crippen LogP contribution >= 0.6 is 0 Å². The Kier molecular flexibility index (Phi) is 18.3. The number of nitriles is 3. The molecular weight excluding hydrogens is 396 g/mol. The molecule has 0 aromatic heterocycles. The maximum Gasteiger partial charge on any atom is 0.230 e. The highest BCUT2D eigenvalue weighted by molar-refractivity contribution is 7.90. The Balaban J connectivity index is 4.75. The van der Waals surface area contributed by atoms with Gasteiger partial charge in [0.15, 0.2) is 5.25 Å². The van der Waals surface area contributed by atoms with Gasteiger partial charge in [-0.15, -0.1) is 0 Å². The fourth-order valence-corrected chi connectivity index (χ4v) is 5.18. The molecule has 0 heterocycles. The van der Waals surface area contributed by atoms with Crippen LogP contribution < -0.4 is 0 Å². The Morgan fingerprint density at radius 3 is 1.63 bits per heavy atom. The Hall–Kier alpha value is -1.62. The van der Waals surface area contributed by atoms with Crippen molar-refractivity contribution in [3.05, 3.63) is 0 Å². The summed E-state index contributed by atoms with van der Waals surface area (Å²) in [6.45, 7) is 3.03. The third kappa shape index (κ3) is 13.6. The van der Waals surface area contributed by atoms with Crippen LogP contribution in [-0.2, 0) is 10.0 Å². The molecule has 1 unspecified atom stereocenters. The largest absolute Gasteiger partial charge is 0.230 e. The first-order valence-electron chi connectivity index (χ1n) is 11.7. The quantitative estimate of drug-likeness (QED) is 0.223. The fourth-order valence-electron chi connectivity index (χ4n) is 3.45. The van der Waals surface area contributed by atoms with E-state index in [0.29, 0.717) is 32.4 Å². The lowest BCUT2D eigenvalue weighted by Gasteiger charge is -2.25. The Morgan fingerprint density at radius 1 is 0.700 bits per heavy atom. The highest BCUT2D eigenvalue weighted by Crippen LogP contribution is 2.19. The molecule has 0 saturated carbocycles. The Morgan fingerprint density at radius 2 is 1.17 bits per heavy atom. The highest BCUT2D eigenvalue weighted by Gasteiger charge is 2.31. The second kappa shape index (κ2) is 19.3. The summed E-state index contributed by atoms with van der Waals surface area (Å²) in [5, 5.41) is 25.8. The van der Waals surface area contributed by atoms with Gasteiger partial charge in [0.1, 0.15) is 0 Å². The van der Waals surface area contributed by atoms with Crippen LogP contribution in [0.1, 0.15) is 110 Å². The maximum absolute atomic E-state index is 13.1. The first kappa shape index (κ1) is 28.4. The van der Waals surface area contributed by atoms with E-state index < -0.39 is 15.3 Å². The average Bonchev–Trinajstić information content (AvgIpc) is 2.73. The lowest BCUT2D eigenvalue weighted by Crippen LogP contribution is -2.39. The lowest BCUT2D eigenvalue weighted by atomic mass is 10.1. The summed E-state index contributed by atoms with van der Waals surface area (Å²) in [6.07, 6.45) is 13.4. The van der Waals surface area contributed by atoms with Gasteiger partial charge in [-0.3, -0.25) is 0 Å². The van der Waals surface area contributed by atoms with Gasteiger partial charge >= 0.3 is 0 Å². The van der Waals surface area contributed by atoms with E-state index in [1.807, 2.05) is 6.07 Å². The minimum atomic E-state index is -3.63. The number of unbranched alkanes of at least 4 members (excludes halogenated alkanes) is 12. The highest BCUT2D eigenvalue weighted by atomic mass is 32.2. The number of hydrogen-bond donors (Lipinski definition) is 0. The van der Waals surface area contributed by atoms with Crippen LogP contribution in [0.3, 0.4) is 0 Å². The molecule has 170 valence electrons. The van der Waals surface area contributed by atoms with Gasteiger partial charge in [0, 0.05) is 25.9 Å². The van der Waals surface area contributed by atoms with Crippen LogP contribution in [0.15, 0.2) is 0 Å². The van der Waals surface area contributed by atoms with Gasteiger partial charge in [0.25, 0.3) is 0 Å². The fraction of sp³-hybridized carbons (Fsp3) is 0.870. The van der Waals surface area contributed by atoms with Crippen molar-refractivity contribution in [1.29, 1.82) is 15.8 Å². The summed E-state index contributed by atoms with van der Waals surface area (Å²) < 4.78 is 27.8. The van der Waals surface area contributed by atoms with E-state index in [1.165, 1.54) is 4.31 Å². The standard InChI is InChI=1S/C23H40N4O2S/c1-2-3-4-7-12-17-23(22-26)30(28,29)27(20-15-10-5-8-13-18-24)21-16-11-6-9-14-19-25/h23H,2-17,20-21H2,1H3. The van der Waals surface area contributed by atoms with Crippen molar-refractivity contribution in [1.82, 2.24) is 4.31 Å². The van der Waals surface area contributed by atoms with E-state index in [-0.39, 0.29) is 0 Å². The van der Waals surface area contributed by atoms with Crippen LogP contribution in [0, 0.1) is 34.0 Å². The molecule has 0 radical (unpaired) electrons. The van der Waals surface area contributed by atoms with Crippen molar-refractivity contribution in [2.24, 2.45) is 0 Å². The van der Waals surface area contributed by atoms with Gasteiger partial charge in [-0.25, -0.2) is 12.7 Å². The first-order valence-corrected chi connectivity index (χ1v) is 13.2. The van der Waals surface area contributed by atoms with Gasteiger partial charge in [-0.2, -0.15) is 15.8 Å². The first-order chi connectivity index (χ1) is 14.5. The zero-order valence-corrected chi connectivity index (χ0v) is 19.6. The second-order valence-electron chi connectivity index (χ2n) is 7.91. The second-order valence-corrected chi connectivity index (χ2v) is 10.0. The Bertz CT molecular complexity index is 618.